The van der Waals surface area contributed by atoms with Gasteiger partial charge < -0.3 is 5.11 Å². The van der Waals surface area contributed by atoms with E-state index in [-0.39, 0.29) is 5.92 Å². The average Bonchev–Trinajstić information content (AvgIpc) is 2.95. The minimum atomic E-state index is -0.722. The molecule has 110 valence electrons. The average molecular weight is 296 g/mol. The normalized spacial score (nSPS) is 13.6. The molecule has 1 heteroatoms. The van der Waals surface area contributed by atoms with Crippen LogP contribution in [-0.2, 0) is 0 Å². The minimum absolute atomic E-state index is 0.0846. The first kappa shape index (κ1) is 13.8. The third-order valence-corrected chi connectivity index (χ3v) is 4.34. The molecule has 1 aliphatic carbocycles. The summed E-state index contributed by atoms with van der Waals surface area (Å²) >= 11 is 0. The van der Waals surface area contributed by atoms with Crippen LogP contribution in [0, 0.1) is 11.8 Å². The van der Waals surface area contributed by atoms with Gasteiger partial charge in [-0.2, -0.15) is 0 Å². The number of fused-ring (bicyclic) bond motifs is 3. The van der Waals surface area contributed by atoms with E-state index in [1.54, 1.807) is 0 Å². The molecule has 0 aromatic heterocycles. The molecule has 3 aromatic carbocycles. The fourth-order valence-electron chi connectivity index (χ4n) is 3.30. The topological polar surface area (TPSA) is 20.2 Å². The molecule has 0 amide bonds. The van der Waals surface area contributed by atoms with Crippen LogP contribution in [0.25, 0.3) is 11.1 Å². The fraction of sp³-hybridized carbons (Fsp3) is 0.0909. The zero-order chi connectivity index (χ0) is 15.6. The van der Waals surface area contributed by atoms with Crippen molar-refractivity contribution in [1.82, 2.24) is 0 Å². The SMILES string of the molecule is OC(C#Cc1ccccc1)C1c2ccccc2-c2ccccc21. The maximum atomic E-state index is 10.7. The van der Waals surface area contributed by atoms with Crippen molar-refractivity contribution in [1.29, 1.82) is 0 Å². The summed E-state index contributed by atoms with van der Waals surface area (Å²) in [5.41, 5.74) is 5.64. The van der Waals surface area contributed by atoms with Gasteiger partial charge in [-0.1, -0.05) is 78.6 Å². The Bertz CT molecular complexity index is 854. The second-order valence-corrected chi connectivity index (χ2v) is 5.73. The predicted molar refractivity (Wildman–Crippen MR) is 93.0 cm³/mol. The van der Waals surface area contributed by atoms with Crippen LogP contribution in [-0.4, -0.2) is 11.2 Å². The smallest absolute Gasteiger partial charge is 0.126 e. The summed E-state index contributed by atoms with van der Waals surface area (Å²) in [5.74, 6) is 6.03. The molecule has 0 bridgehead atoms. The Morgan fingerprint density at radius 3 is 1.83 bits per heavy atom. The van der Waals surface area contributed by atoms with Crippen LogP contribution >= 0.6 is 0 Å². The van der Waals surface area contributed by atoms with Crippen molar-refractivity contribution in [2.24, 2.45) is 0 Å². The van der Waals surface area contributed by atoms with Crippen LogP contribution in [0.15, 0.2) is 78.9 Å². The number of hydrogen-bond donors (Lipinski definition) is 1. The highest BCUT2D eigenvalue weighted by Crippen LogP contribution is 2.45. The van der Waals surface area contributed by atoms with Crippen LogP contribution in [0.5, 0.6) is 0 Å². The largest absolute Gasteiger partial charge is 0.379 e. The van der Waals surface area contributed by atoms with Gasteiger partial charge in [-0.15, -0.1) is 0 Å². The van der Waals surface area contributed by atoms with E-state index >= 15 is 0 Å². The number of aliphatic hydroxyl groups excluding tert-OH is 1. The van der Waals surface area contributed by atoms with Gasteiger partial charge in [0.05, 0.1) is 0 Å². The second kappa shape index (κ2) is 5.76. The second-order valence-electron chi connectivity index (χ2n) is 5.73. The van der Waals surface area contributed by atoms with Crippen LogP contribution in [0.4, 0.5) is 0 Å². The first-order chi connectivity index (χ1) is 11.3. The van der Waals surface area contributed by atoms with E-state index in [9.17, 15) is 5.11 Å². The number of benzene rings is 3. The molecule has 0 radical (unpaired) electrons. The van der Waals surface area contributed by atoms with Crippen molar-refractivity contribution in [3.63, 3.8) is 0 Å². The Morgan fingerprint density at radius 1 is 0.696 bits per heavy atom. The molecule has 3 aromatic rings. The minimum Gasteiger partial charge on any atom is -0.379 e. The zero-order valence-electron chi connectivity index (χ0n) is 12.6. The van der Waals surface area contributed by atoms with Crippen LogP contribution in [0.3, 0.4) is 0 Å². The van der Waals surface area contributed by atoms with Crippen molar-refractivity contribution in [2.45, 2.75) is 12.0 Å². The summed E-state index contributed by atoms with van der Waals surface area (Å²) in [4.78, 5) is 0. The van der Waals surface area contributed by atoms with Gasteiger partial charge in [0, 0.05) is 11.5 Å². The summed E-state index contributed by atoms with van der Waals surface area (Å²) in [6.45, 7) is 0. The van der Waals surface area contributed by atoms with E-state index in [2.05, 4.69) is 36.1 Å². The lowest BCUT2D eigenvalue weighted by Crippen LogP contribution is -2.15. The lowest BCUT2D eigenvalue weighted by molar-refractivity contribution is 0.215. The third-order valence-electron chi connectivity index (χ3n) is 4.34. The van der Waals surface area contributed by atoms with Gasteiger partial charge in [-0.05, 0) is 34.4 Å². The molecule has 23 heavy (non-hydrogen) atoms. The summed E-state index contributed by atoms with van der Waals surface area (Å²) < 4.78 is 0. The quantitative estimate of drug-likeness (QED) is 0.667. The Kier molecular flexibility index (Phi) is 3.46. The molecule has 1 aliphatic rings. The maximum Gasteiger partial charge on any atom is 0.126 e. The Morgan fingerprint density at radius 2 is 1.22 bits per heavy atom. The number of aliphatic hydroxyl groups is 1. The number of rotatable bonds is 1. The van der Waals surface area contributed by atoms with Gasteiger partial charge in [0.1, 0.15) is 6.10 Å². The van der Waals surface area contributed by atoms with Crippen molar-refractivity contribution in [3.8, 4) is 23.0 Å². The van der Waals surface area contributed by atoms with Crippen molar-refractivity contribution >= 4 is 0 Å². The van der Waals surface area contributed by atoms with Crippen molar-refractivity contribution < 1.29 is 5.11 Å². The molecular formula is C22H16O. The van der Waals surface area contributed by atoms with E-state index in [1.807, 2.05) is 54.6 Å². The standard InChI is InChI=1S/C22H16O/c23-21(15-14-16-8-2-1-3-9-16)22-19-12-6-4-10-17(19)18-11-5-7-13-20(18)22/h1-13,21-23H. The zero-order valence-corrected chi connectivity index (χ0v) is 12.6. The molecule has 0 spiro atoms. The highest BCUT2D eigenvalue weighted by molar-refractivity contribution is 5.79. The molecule has 0 saturated carbocycles. The highest BCUT2D eigenvalue weighted by Gasteiger charge is 2.32. The molecule has 1 nitrogen and oxygen atoms in total. The first-order valence-corrected chi connectivity index (χ1v) is 7.77. The van der Waals surface area contributed by atoms with Crippen LogP contribution in [0.2, 0.25) is 0 Å². The summed E-state index contributed by atoms with van der Waals surface area (Å²) in [7, 11) is 0. The van der Waals surface area contributed by atoms with Gasteiger partial charge in [-0.25, -0.2) is 0 Å². The van der Waals surface area contributed by atoms with Crippen molar-refractivity contribution in [3.05, 3.63) is 95.6 Å². The molecule has 0 fully saturated rings. The molecule has 0 heterocycles. The lowest BCUT2D eigenvalue weighted by Gasteiger charge is -2.16. The molecular weight excluding hydrogens is 280 g/mol. The number of hydrogen-bond acceptors (Lipinski definition) is 1. The molecule has 0 aliphatic heterocycles. The highest BCUT2D eigenvalue weighted by atomic mass is 16.3. The Labute approximate surface area is 136 Å². The molecule has 1 N–H and O–H groups in total. The van der Waals surface area contributed by atoms with Gasteiger partial charge in [0.2, 0.25) is 0 Å². The summed E-state index contributed by atoms with van der Waals surface area (Å²) in [5, 5.41) is 10.7. The van der Waals surface area contributed by atoms with E-state index in [0.717, 1.165) is 16.7 Å². The van der Waals surface area contributed by atoms with E-state index < -0.39 is 6.10 Å². The molecule has 0 saturated heterocycles. The lowest BCUT2D eigenvalue weighted by atomic mass is 9.91. The fourth-order valence-corrected chi connectivity index (χ4v) is 3.30. The predicted octanol–water partition coefficient (Wildman–Crippen LogP) is 4.21. The molecule has 1 unspecified atom stereocenters. The van der Waals surface area contributed by atoms with Gasteiger partial charge in [0.25, 0.3) is 0 Å². The van der Waals surface area contributed by atoms with Crippen molar-refractivity contribution in [2.75, 3.05) is 0 Å². The van der Waals surface area contributed by atoms with Gasteiger partial charge >= 0.3 is 0 Å². The van der Waals surface area contributed by atoms with E-state index in [0.29, 0.717) is 0 Å². The Balaban J connectivity index is 1.76. The maximum absolute atomic E-state index is 10.7. The Hall–Kier alpha value is -2.82. The van der Waals surface area contributed by atoms with Gasteiger partial charge in [-0.3, -0.25) is 0 Å². The molecule has 1 atom stereocenters. The van der Waals surface area contributed by atoms with E-state index in [1.165, 1.54) is 11.1 Å². The molecule has 4 rings (SSSR count). The first-order valence-electron chi connectivity index (χ1n) is 7.77. The monoisotopic (exact) mass is 296 g/mol. The van der Waals surface area contributed by atoms with Crippen LogP contribution < -0.4 is 0 Å². The third kappa shape index (κ3) is 2.44. The summed E-state index contributed by atoms with van der Waals surface area (Å²) in [6.07, 6.45) is -0.722. The van der Waals surface area contributed by atoms with E-state index in [4.69, 9.17) is 0 Å². The van der Waals surface area contributed by atoms with Gasteiger partial charge in [0.15, 0.2) is 0 Å². The summed E-state index contributed by atoms with van der Waals surface area (Å²) in [6, 6.07) is 26.3. The van der Waals surface area contributed by atoms with Crippen LogP contribution in [0.1, 0.15) is 22.6 Å².